The second kappa shape index (κ2) is 6.13. The largest absolute Gasteiger partial charge is 0.381 e. The smallest absolute Gasteiger partial charge is 0.225 e. The summed E-state index contributed by atoms with van der Waals surface area (Å²) in [5, 5.41) is 0. The molecule has 4 heterocycles. The van der Waals surface area contributed by atoms with E-state index in [1.165, 1.54) is 45.2 Å². The molecule has 0 saturated carbocycles. The van der Waals surface area contributed by atoms with Gasteiger partial charge >= 0.3 is 0 Å². The molecule has 1 spiro atoms. The zero-order valence-electron chi connectivity index (χ0n) is 13.3. The Morgan fingerprint density at radius 1 is 1.00 bits per heavy atom. The van der Waals surface area contributed by atoms with Crippen LogP contribution < -0.4 is 4.90 Å². The Kier molecular flexibility index (Phi) is 4.01. The third kappa shape index (κ3) is 2.84. The van der Waals surface area contributed by atoms with Crippen LogP contribution in [0.4, 0.5) is 5.95 Å². The molecule has 1 aromatic rings. The predicted molar refractivity (Wildman–Crippen MR) is 85.9 cm³/mol. The number of aromatic nitrogens is 2. The first-order chi connectivity index (χ1) is 10.8. The van der Waals surface area contributed by atoms with Crippen LogP contribution in [0.25, 0.3) is 0 Å². The topological polar surface area (TPSA) is 41.5 Å². The highest BCUT2D eigenvalue weighted by molar-refractivity contribution is 5.31. The number of hydrogen-bond acceptors (Lipinski definition) is 5. The molecule has 120 valence electrons. The zero-order valence-corrected chi connectivity index (χ0v) is 13.3. The van der Waals surface area contributed by atoms with Crippen molar-refractivity contribution in [3.05, 3.63) is 18.5 Å². The molecule has 3 saturated heterocycles. The molecular weight excluding hydrogens is 276 g/mol. The highest BCUT2D eigenvalue weighted by Crippen LogP contribution is 2.41. The lowest BCUT2D eigenvalue weighted by Crippen LogP contribution is -2.47. The molecule has 0 radical (unpaired) electrons. The summed E-state index contributed by atoms with van der Waals surface area (Å²) in [4.78, 5) is 13.9. The van der Waals surface area contributed by atoms with E-state index in [1.54, 1.807) is 0 Å². The van der Waals surface area contributed by atoms with Crippen molar-refractivity contribution in [1.29, 1.82) is 0 Å². The van der Waals surface area contributed by atoms with E-state index in [0.29, 0.717) is 5.41 Å². The van der Waals surface area contributed by atoms with Crippen molar-refractivity contribution in [2.75, 3.05) is 44.3 Å². The number of likely N-dealkylation sites (tertiary alicyclic amines) is 1. The highest BCUT2D eigenvalue weighted by atomic mass is 16.5. The maximum Gasteiger partial charge on any atom is 0.225 e. The average molecular weight is 302 g/mol. The minimum Gasteiger partial charge on any atom is -0.381 e. The molecule has 3 fully saturated rings. The number of piperidine rings is 1. The van der Waals surface area contributed by atoms with E-state index in [4.69, 9.17) is 4.74 Å². The zero-order chi connectivity index (χ0) is 14.8. The monoisotopic (exact) mass is 302 g/mol. The second-order valence-electron chi connectivity index (χ2n) is 7.10. The Bertz CT molecular complexity index is 481. The molecule has 5 heteroatoms. The van der Waals surface area contributed by atoms with Gasteiger partial charge < -0.3 is 14.5 Å². The van der Waals surface area contributed by atoms with E-state index in [-0.39, 0.29) is 0 Å². The molecule has 0 unspecified atom stereocenters. The summed E-state index contributed by atoms with van der Waals surface area (Å²) in [7, 11) is 0. The van der Waals surface area contributed by atoms with Crippen molar-refractivity contribution < 1.29 is 4.74 Å². The van der Waals surface area contributed by atoms with Crippen LogP contribution in [-0.2, 0) is 4.74 Å². The van der Waals surface area contributed by atoms with Gasteiger partial charge in [-0.1, -0.05) is 0 Å². The van der Waals surface area contributed by atoms with Crippen molar-refractivity contribution in [1.82, 2.24) is 14.9 Å². The molecule has 0 bridgehead atoms. The fourth-order valence-electron chi connectivity index (χ4n) is 4.38. The number of anilines is 1. The SMILES string of the molecule is c1cnc(N2CCC3(CCN(C4CCOCC4)CC3)C2)nc1. The standard InChI is InChI=1S/C17H26N4O/c1-7-18-16(19-8-1)21-11-6-17(14-21)4-9-20(10-5-17)15-2-12-22-13-3-15/h1,7-8,15H,2-6,9-14H2. The first kappa shape index (κ1) is 14.4. The van der Waals surface area contributed by atoms with Gasteiger partial charge in [-0.05, 0) is 56.7 Å². The van der Waals surface area contributed by atoms with Gasteiger partial charge in [0.15, 0.2) is 0 Å². The number of nitrogens with zero attached hydrogens (tertiary/aromatic N) is 4. The summed E-state index contributed by atoms with van der Waals surface area (Å²) >= 11 is 0. The summed E-state index contributed by atoms with van der Waals surface area (Å²) in [6.45, 7) is 6.67. The van der Waals surface area contributed by atoms with Gasteiger partial charge in [0.2, 0.25) is 5.95 Å². The predicted octanol–water partition coefficient (Wildman–Crippen LogP) is 1.95. The number of rotatable bonds is 2. The van der Waals surface area contributed by atoms with E-state index >= 15 is 0 Å². The molecule has 0 amide bonds. The number of ether oxygens (including phenoxy) is 1. The molecule has 3 aliphatic rings. The molecule has 4 rings (SSSR count). The Balaban J connectivity index is 1.35. The minimum absolute atomic E-state index is 0.501. The molecule has 0 N–H and O–H groups in total. The van der Waals surface area contributed by atoms with Crippen molar-refractivity contribution in [3.8, 4) is 0 Å². The lowest BCUT2D eigenvalue weighted by Gasteiger charge is -2.43. The van der Waals surface area contributed by atoms with Crippen LogP contribution >= 0.6 is 0 Å². The molecule has 0 aromatic carbocycles. The van der Waals surface area contributed by atoms with Crippen molar-refractivity contribution >= 4 is 5.95 Å². The summed E-state index contributed by atoms with van der Waals surface area (Å²) in [6, 6.07) is 2.66. The van der Waals surface area contributed by atoms with Gasteiger partial charge in [-0.2, -0.15) is 0 Å². The number of hydrogen-bond donors (Lipinski definition) is 0. The Hall–Kier alpha value is -1.20. The average Bonchev–Trinajstić information content (AvgIpc) is 3.01. The molecule has 1 aromatic heterocycles. The second-order valence-corrected chi connectivity index (χ2v) is 7.10. The molecule has 0 aliphatic carbocycles. The first-order valence-electron chi connectivity index (χ1n) is 8.69. The van der Waals surface area contributed by atoms with Crippen molar-refractivity contribution in [2.24, 2.45) is 5.41 Å². The molecule has 5 nitrogen and oxygen atoms in total. The van der Waals surface area contributed by atoms with E-state index in [0.717, 1.165) is 38.3 Å². The lowest BCUT2D eigenvalue weighted by molar-refractivity contribution is 0.00926. The quantitative estimate of drug-likeness (QED) is 0.835. The third-order valence-electron chi connectivity index (χ3n) is 5.84. The van der Waals surface area contributed by atoms with Crippen LogP contribution in [0.1, 0.15) is 32.1 Å². The van der Waals surface area contributed by atoms with Crippen LogP contribution in [0.2, 0.25) is 0 Å². The van der Waals surface area contributed by atoms with Crippen LogP contribution in [0.5, 0.6) is 0 Å². The van der Waals surface area contributed by atoms with Gasteiger partial charge in [0.1, 0.15) is 0 Å². The summed E-state index contributed by atoms with van der Waals surface area (Å²) < 4.78 is 5.50. The fourth-order valence-corrected chi connectivity index (χ4v) is 4.38. The molecule has 22 heavy (non-hydrogen) atoms. The Morgan fingerprint density at radius 2 is 1.68 bits per heavy atom. The van der Waals surface area contributed by atoms with Gasteiger partial charge in [0, 0.05) is 44.7 Å². The van der Waals surface area contributed by atoms with Crippen LogP contribution in [0.15, 0.2) is 18.5 Å². The summed E-state index contributed by atoms with van der Waals surface area (Å²) in [5.41, 5.74) is 0.501. The normalized spacial score (nSPS) is 26.6. The van der Waals surface area contributed by atoms with Crippen LogP contribution in [0, 0.1) is 5.41 Å². The molecule has 0 atom stereocenters. The van der Waals surface area contributed by atoms with Gasteiger partial charge in [-0.25, -0.2) is 9.97 Å². The van der Waals surface area contributed by atoms with Gasteiger partial charge in [-0.3, -0.25) is 0 Å². The van der Waals surface area contributed by atoms with E-state index in [2.05, 4.69) is 19.8 Å². The molecular formula is C17H26N4O. The maximum absolute atomic E-state index is 5.50. The van der Waals surface area contributed by atoms with E-state index in [1.807, 2.05) is 18.5 Å². The summed E-state index contributed by atoms with van der Waals surface area (Å²) in [6.07, 6.45) is 10.1. The molecule has 3 aliphatic heterocycles. The fraction of sp³-hybridized carbons (Fsp3) is 0.765. The Labute approximate surface area is 132 Å². The van der Waals surface area contributed by atoms with E-state index in [9.17, 15) is 0 Å². The van der Waals surface area contributed by atoms with Crippen LogP contribution in [-0.4, -0.2) is 60.3 Å². The highest BCUT2D eigenvalue weighted by Gasteiger charge is 2.42. The van der Waals surface area contributed by atoms with Crippen LogP contribution in [0.3, 0.4) is 0 Å². The first-order valence-corrected chi connectivity index (χ1v) is 8.69. The van der Waals surface area contributed by atoms with Gasteiger partial charge in [0.05, 0.1) is 0 Å². The maximum atomic E-state index is 5.50. The lowest BCUT2D eigenvalue weighted by atomic mass is 9.77. The van der Waals surface area contributed by atoms with E-state index < -0.39 is 0 Å². The van der Waals surface area contributed by atoms with Crippen molar-refractivity contribution in [2.45, 2.75) is 38.1 Å². The van der Waals surface area contributed by atoms with Gasteiger partial charge in [0.25, 0.3) is 0 Å². The van der Waals surface area contributed by atoms with Gasteiger partial charge in [-0.15, -0.1) is 0 Å². The summed E-state index contributed by atoms with van der Waals surface area (Å²) in [5.74, 6) is 0.909. The van der Waals surface area contributed by atoms with Crippen molar-refractivity contribution in [3.63, 3.8) is 0 Å². The minimum atomic E-state index is 0.501. The third-order valence-corrected chi connectivity index (χ3v) is 5.84. The Morgan fingerprint density at radius 3 is 2.41 bits per heavy atom.